The summed E-state index contributed by atoms with van der Waals surface area (Å²) in [6, 6.07) is 0. The van der Waals surface area contributed by atoms with Crippen LogP contribution < -0.4 is 0 Å². The van der Waals surface area contributed by atoms with Crippen molar-refractivity contribution < 1.29 is 28.6 Å². The Balaban J connectivity index is 4.13. The highest BCUT2D eigenvalue weighted by atomic mass is 16.6. The molecular formula is C76H128O6. The largest absolute Gasteiger partial charge is 0.462 e. The Morgan fingerprint density at radius 3 is 0.744 bits per heavy atom. The predicted octanol–water partition coefficient (Wildman–Crippen LogP) is 23.9. The second-order valence-corrected chi connectivity index (χ2v) is 22.7. The molecule has 1 atom stereocenters. The summed E-state index contributed by atoms with van der Waals surface area (Å²) in [5.41, 5.74) is 0. The van der Waals surface area contributed by atoms with Crippen LogP contribution >= 0.6 is 0 Å². The zero-order valence-corrected chi connectivity index (χ0v) is 53.7. The molecule has 0 aromatic rings. The normalized spacial score (nSPS) is 12.9. The van der Waals surface area contributed by atoms with Gasteiger partial charge in [0.1, 0.15) is 13.2 Å². The van der Waals surface area contributed by atoms with E-state index in [1.54, 1.807) is 0 Å². The molecule has 0 aromatic heterocycles. The Kier molecular flexibility index (Phi) is 65.8. The van der Waals surface area contributed by atoms with Crippen molar-refractivity contribution in [3.05, 3.63) is 122 Å². The Morgan fingerprint density at radius 1 is 0.256 bits per heavy atom. The number of ether oxygens (including phenoxy) is 3. The Morgan fingerprint density at radius 2 is 0.476 bits per heavy atom. The van der Waals surface area contributed by atoms with Gasteiger partial charge in [-0.05, 0) is 116 Å². The highest BCUT2D eigenvalue weighted by Crippen LogP contribution is 2.16. The van der Waals surface area contributed by atoms with Crippen molar-refractivity contribution in [2.24, 2.45) is 0 Å². The number of esters is 3. The van der Waals surface area contributed by atoms with Crippen LogP contribution in [0.4, 0.5) is 0 Å². The fourth-order valence-corrected chi connectivity index (χ4v) is 9.55. The van der Waals surface area contributed by atoms with Crippen LogP contribution in [0.2, 0.25) is 0 Å². The lowest BCUT2D eigenvalue weighted by Crippen LogP contribution is -2.30. The first kappa shape index (κ1) is 77.8. The SMILES string of the molecule is CC/C=C\C/C=C\C/C=C\C/C=C\C/C=C\C/C=C\C/C=C\CCCCCCCCCCCCCCCC(=O)OCC(COC(=O)CCCCCCCCCC)OC(=O)CCCCCCCC/C=C\C/C=C\C/C=C\CCCCCCC. The van der Waals surface area contributed by atoms with Gasteiger partial charge in [-0.25, -0.2) is 0 Å². The van der Waals surface area contributed by atoms with Gasteiger partial charge < -0.3 is 14.2 Å². The number of hydrogen-bond donors (Lipinski definition) is 0. The number of carbonyl (C=O) groups is 3. The molecule has 0 aliphatic heterocycles. The molecule has 0 fully saturated rings. The topological polar surface area (TPSA) is 78.9 Å². The van der Waals surface area contributed by atoms with Gasteiger partial charge in [-0.2, -0.15) is 0 Å². The minimum Gasteiger partial charge on any atom is -0.462 e. The summed E-state index contributed by atoms with van der Waals surface area (Å²) in [4.78, 5) is 38.2. The minimum absolute atomic E-state index is 0.0820. The first-order chi connectivity index (χ1) is 40.5. The van der Waals surface area contributed by atoms with Crippen LogP contribution in [0.3, 0.4) is 0 Å². The Labute approximate surface area is 507 Å². The van der Waals surface area contributed by atoms with Crippen LogP contribution in [0, 0.1) is 0 Å². The van der Waals surface area contributed by atoms with Crippen LogP contribution in [-0.4, -0.2) is 37.2 Å². The van der Waals surface area contributed by atoms with Gasteiger partial charge in [-0.3, -0.25) is 14.4 Å². The van der Waals surface area contributed by atoms with Crippen molar-refractivity contribution in [3.8, 4) is 0 Å². The van der Waals surface area contributed by atoms with Gasteiger partial charge in [0.2, 0.25) is 0 Å². The molecule has 0 saturated heterocycles. The summed E-state index contributed by atoms with van der Waals surface area (Å²) >= 11 is 0. The lowest BCUT2D eigenvalue weighted by molar-refractivity contribution is -0.167. The van der Waals surface area contributed by atoms with Gasteiger partial charge >= 0.3 is 17.9 Å². The zero-order chi connectivity index (χ0) is 59.2. The van der Waals surface area contributed by atoms with Crippen molar-refractivity contribution in [2.45, 2.75) is 329 Å². The second kappa shape index (κ2) is 69.3. The summed E-state index contributed by atoms with van der Waals surface area (Å²) in [5.74, 6) is -0.892. The second-order valence-electron chi connectivity index (χ2n) is 22.7. The minimum atomic E-state index is -0.785. The van der Waals surface area contributed by atoms with E-state index in [4.69, 9.17) is 14.2 Å². The van der Waals surface area contributed by atoms with Crippen LogP contribution in [-0.2, 0) is 28.6 Å². The van der Waals surface area contributed by atoms with E-state index in [0.29, 0.717) is 19.3 Å². The molecule has 0 N–H and O–H groups in total. The number of hydrogen-bond acceptors (Lipinski definition) is 6. The van der Waals surface area contributed by atoms with E-state index >= 15 is 0 Å². The van der Waals surface area contributed by atoms with Crippen LogP contribution in [0.25, 0.3) is 0 Å². The van der Waals surface area contributed by atoms with E-state index < -0.39 is 6.10 Å². The van der Waals surface area contributed by atoms with Gasteiger partial charge in [0, 0.05) is 19.3 Å². The van der Waals surface area contributed by atoms with Gasteiger partial charge in [0.25, 0.3) is 0 Å². The maximum absolute atomic E-state index is 12.9. The molecule has 0 aliphatic rings. The maximum Gasteiger partial charge on any atom is 0.306 e. The third kappa shape index (κ3) is 66.6. The molecule has 0 rings (SSSR count). The molecule has 1 unspecified atom stereocenters. The third-order valence-electron chi connectivity index (χ3n) is 14.7. The fraction of sp³-hybridized carbons (Fsp3) is 0.697. The third-order valence-corrected chi connectivity index (χ3v) is 14.7. The summed E-state index contributed by atoms with van der Waals surface area (Å²) in [6.07, 6.45) is 96.7. The number of unbranched alkanes of at least 4 members (excludes halogenated alkanes) is 31. The molecule has 468 valence electrons. The molecule has 0 heterocycles. The van der Waals surface area contributed by atoms with Gasteiger partial charge in [-0.1, -0.05) is 309 Å². The summed E-state index contributed by atoms with van der Waals surface area (Å²) in [5, 5.41) is 0. The molecule has 0 bridgehead atoms. The Bertz CT molecular complexity index is 1690. The number of carbonyl (C=O) groups excluding carboxylic acids is 3. The molecule has 0 aromatic carbocycles. The van der Waals surface area contributed by atoms with Gasteiger partial charge in [0.05, 0.1) is 0 Å². The lowest BCUT2D eigenvalue weighted by atomic mass is 10.0. The predicted molar refractivity (Wildman–Crippen MR) is 357 cm³/mol. The number of allylic oxidation sites excluding steroid dienone is 20. The van der Waals surface area contributed by atoms with Crippen molar-refractivity contribution in [3.63, 3.8) is 0 Å². The van der Waals surface area contributed by atoms with Crippen molar-refractivity contribution in [2.75, 3.05) is 13.2 Å². The monoisotopic (exact) mass is 1140 g/mol. The lowest BCUT2D eigenvalue weighted by Gasteiger charge is -2.18. The highest BCUT2D eigenvalue weighted by Gasteiger charge is 2.19. The highest BCUT2D eigenvalue weighted by molar-refractivity contribution is 5.71. The van der Waals surface area contributed by atoms with Crippen molar-refractivity contribution in [1.29, 1.82) is 0 Å². The van der Waals surface area contributed by atoms with E-state index in [1.165, 1.54) is 154 Å². The fourth-order valence-electron chi connectivity index (χ4n) is 9.55. The van der Waals surface area contributed by atoms with Crippen LogP contribution in [0.5, 0.6) is 0 Å². The van der Waals surface area contributed by atoms with Gasteiger partial charge in [-0.15, -0.1) is 0 Å². The van der Waals surface area contributed by atoms with E-state index in [0.717, 1.165) is 128 Å². The average molecular weight is 1140 g/mol. The smallest absolute Gasteiger partial charge is 0.306 e. The zero-order valence-electron chi connectivity index (χ0n) is 53.7. The molecule has 6 nitrogen and oxygen atoms in total. The first-order valence-electron chi connectivity index (χ1n) is 34.5. The summed E-state index contributed by atoms with van der Waals surface area (Å²) in [6.45, 7) is 6.49. The summed E-state index contributed by atoms with van der Waals surface area (Å²) in [7, 11) is 0. The van der Waals surface area contributed by atoms with E-state index in [9.17, 15) is 14.4 Å². The number of rotatable bonds is 62. The molecule has 0 radical (unpaired) electrons. The standard InChI is InChI=1S/C76H128O6/c1-4-7-10-13-16-19-21-23-25-27-29-31-32-33-34-35-36-37-38-39-40-41-42-43-44-46-47-49-51-53-55-57-60-63-66-69-75(78)81-72-73(71-80-74(77)68-65-62-59-18-15-12-9-6-3)82-76(79)70-67-64-61-58-56-54-52-50-48-45-30-28-26-24-22-20-17-14-11-8-5-2/h7,10,16,19,22-25,28-31,33-34,36-37,39-40,48,50,73H,4-6,8-9,11-15,17-18,20-21,26-27,32,35,38,41-47,49,51-72H2,1-3H3/b10-7-,19-16-,24-22-,25-23-,30-28-,31-29-,34-33-,37-36-,40-39-,50-48-. The summed E-state index contributed by atoms with van der Waals surface area (Å²) < 4.78 is 16.9. The molecule has 0 saturated carbocycles. The molecule has 6 heteroatoms. The Hall–Kier alpha value is -4.19. The van der Waals surface area contributed by atoms with Gasteiger partial charge in [0.15, 0.2) is 6.10 Å². The van der Waals surface area contributed by atoms with E-state index in [1.807, 2.05) is 0 Å². The quantitative estimate of drug-likeness (QED) is 0.0261. The van der Waals surface area contributed by atoms with Crippen molar-refractivity contribution >= 4 is 17.9 Å². The van der Waals surface area contributed by atoms with Crippen LogP contribution in [0.15, 0.2) is 122 Å². The molecule has 0 amide bonds. The van der Waals surface area contributed by atoms with Crippen molar-refractivity contribution in [1.82, 2.24) is 0 Å². The average Bonchev–Trinajstić information content (AvgIpc) is 3.47. The molecule has 82 heavy (non-hydrogen) atoms. The van der Waals surface area contributed by atoms with E-state index in [-0.39, 0.29) is 31.1 Å². The molecule has 0 spiro atoms. The maximum atomic E-state index is 12.9. The van der Waals surface area contributed by atoms with Crippen LogP contribution in [0.1, 0.15) is 323 Å². The first-order valence-corrected chi connectivity index (χ1v) is 34.5. The van der Waals surface area contributed by atoms with E-state index in [2.05, 4.69) is 142 Å². The molecular weight excluding hydrogens is 1010 g/mol. The molecule has 0 aliphatic carbocycles.